The summed E-state index contributed by atoms with van der Waals surface area (Å²) in [5, 5.41) is 11.6. The van der Waals surface area contributed by atoms with Crippen LogP contribution < -0.4 is 4.72 Å². The minimum absolute atomic E-state index is 0.207. The van der Waals surface area contributed by atoms with Crippen molar-refractivity contribution in [2.45, 2.75) is 24.8 Å². The highest BCUT2D eigenvalue weighted by molar-refractivity contribution is 7.89. The predicted molar refractivity (Wildman–Crippen MR) is 89.1 cm³/mol. The second-order valence-corrected chi connectivity index (χ2v) is 7.15. The van der Waals surface area contributed by atoms with Gasteiger partial charge in [-0.1, -0.05) is 35.9 Å². The van der Waals surface area contributed by atoms with E-state index in [1.165, 1.54) is 4.68 Å². The van der Waals surface area contributed by atoms with E-state index in [1.54, 1.807) is 31.2 Å². The predicted octanol–water partition coefficient (Wildman–Crippen LogP) is 2.01. The van der Waals surface area contributed by atoms with Crippen LogP contribution in [0, 0.1) is 6.92 Å². The van der Waals surface area contributed by atoms with Gasteiger partial charge in [0.1, 0.15) is 0 Å². The molecule has 1 N–H and O–H groups in total. The maximum atomic E-state index is 12.5. The lowest BCUT2D eigenvalue weighted by Crippen LogP contribution is -2.28. The summed E-state index contributed by atoms with van der Waals surface area (Å²) in [6, 6.07) is 15.4. The fraction of sp³-hybridized carbons (Fsp3) is 0.188. The normalized spacial score (nSPS) is 12.9. The van der Waals surface area contributed by atoms with E-state index in [0.29, 0.717) is 5.82 Å². The summed E-state index contributed by atoms with van der Waals surface area (Å²) < 4.78 is 29.1. The summed E-state index contributed by atoms with van der Waals surface area (Å²) in [7, 11) is -3.66. The van der Waals surface area contributed by atoms with Crippen LogP contribution in [-0.4, -0.2) is 28.6 Å². The van der Waals surface area contributed by atoms with Crippen LogP contribution in [0.25, 0.3) is 5.69 Å². The molecule has 1 atom stereocenters. The molecule has 0 unspecified atom stereocenters. The minimum Gasteiger partial charge on any atom is -0.207 e. The summed E-state index contributed by atoms with van der Waals surface area (Å²) in [6.45, 7) is 3.61. The monoisotopic (exact) mass is 343 g/mol. The molecule has 0 saturated carbocycles. The molecular formula is C16H17N5O2S. The number of tetrazole rings is 1. The van der Waals surface area contributed by atoms with Gasteiger partial charge in [0.2, 0.25) is 10.0 Å². The Bertz CT molecular complexity index is 921. The summed E-state index contributed by atoms with van der Waals surface area (Å²) in [4.78, 5) is 0.207. The van der Waals surface area contributed by atoms with Crippen LogP contribution >= 0.6 is 0 Å². The standard InChI is InChI=1S/C16H17N5O2S/c1-12-8-10-15(11-9-12)24(22,23)18-13(2)16-17-19-20-21(16)14-6-4-3-5-7-14/h3-11,13,18H,1-2H3/t13-/m1/s1. The van der Waals surface area contributed by atoms with E-state index in [1.807, 2.05) is 37.3 Å². The first-order valence-electron chi connectivity index (χ1n) is 7.40. The van der Waals surface area contributed by atoms with Gasteiger partial charge in [0.25, 0.3) is 0 Å². The molecule has 0 amide bonds. The Morgan fingerprint density at radius 2 is 1.71 bits per heavy atom. The van der Waals surface area contributed by atoms with Gasteiger partial charge in [0, 0.05) is 0 Å². The van der Waals surface area contributed by atoms with E-state index in [4.69, 9.17) is 0 Å². The number of nitrogens with one attached hydrogen (secondary N) is 1. The maximum absolute atomic E-state index is 12.5. The largest absolute Gasteiger partial charge is 0.241 e. The molecule has 124 valence electrons. The van der Waals surface area contributed by atoms with Gasteiger partial charge in [0.15, 0.2) is 5.82 Å². The van der Waals surface area contributed by atoms with Crippen molar-refractivity contribution in [2.24, 2.45) is 0 Å². The molecule has 24 heavy (non-hydrogen) atoms. The van der Waals surface area contributed by atoms with Crippen LogP contribution in [0.15, 0.2) is 59.5 Å². The molecule has 2 aromatic carbocycles. The second kappa shape index (κ2) is 6.50. The average molecular weight is 343 g/mol. The van der Waals surface area contributed by atoms with Crippen LogP contribution in [0.1, 0.15) is 24.4 Å². The van der Waals surface area contributed by atoms with Crippen LogP contribution in [0.3, 0.4) is 0 Å². The third kappa shape index (κ3) is 3.34. The molecule has 0 aliphatic carbocycles. The Morgan fingerprint density at radius 1 is 1.04 bits per heavy atom. The van der Waals surface area contributed by atoms with Gasteiger partial charge in [-0.2, -0.15) is 4.68 Å². The molecule has 0 spiro atoms. The Balaban J connectivity index is 1.87. The van der Waals surface area contributed by atoms with E-state index in [-0.39, 0.29) is 4.90 Å². The van der Waals surface area contributed by atoms with Crippen molar-refractivity contribution < 1.29 is 8.42 Å². The molecule has 0 aliphatic heterocycles. The van der Waals surface area contributed by atoms with Crippen molar-refractivity contribution in [3.8, 4) is 5.69 Å². The molecular weight excluding hydrogens is 326 g/mol. The van der Waals surface area contributed by atoms with Crippen LogP contribution in [0.5, 0.6) is 0 Å². The molecule has 8 heteroatoms. The number of hydrogen-bond donors (Lipinski definition) is 1. The fourth-order valence-corrected chi connectivity index (χ4v) is 3.49. The number of para-hydroxylation sites is 1. The first-order valence-corrected chi connectivity index (χ1v) is 8.88. The van der Waals surface area contributed by atoms with Gasteiger partial charge in [-0.05, 0) is 48.5 Å². The van der Waals surface area contributed by atoms with Crippen molar-refractivity contribution >= 4 is 10.0 Å². The smallest absolute Gasteiger partial charge is 0.207 e. The van der Waals surface area contributed by atoms with E-state index in [9.17, 15) is 8.42 Å². The molecule has 0 fully saturated rings. The topological polar surface area (TPSA) is 89.8 Å². The lowest BCUT2D eigenvalue weighted by molar-refractivity contribution is 0.555. The number of rotatable bonds is 5. The summed E-state index contributed by atoms with van der Waals surface area (Å²) >= 11 is 0. The van der Waals surface area contributed by atoms with Crippen molar-refractivity contribution in [3.05, 3.63) is 66.0 Å². The highest BCUT2D eigenvalue weighted by Crippen LogP contribution is 2.17. The van der Waals surface area contributed by atoms with Crippen molar-refractivity contribution in [1.29, 1.82) is 0 Å². The zero-order valence-corrected chi connectivity index (χ0v) is 14.1. The van der Waals surface area contributed by atoms with Gasteiger partial charge in [-0.15, -0.1) is 5.10 Å². The van der Waals surface area contributed by atoms with Gasteiger partial charge in [0.05, 0.1) is 16.6 Å². The summed E-state index contributed by atoms with van der Waals surface area (Å²) in [6.07, 6.45) is 0. The summed E-state index contributed by atoms with van der Waals surface area (Å²) in [5.74, 6) is 0.414. The first kappa shape index (κ1) is 16.3. The van der Waals surface area contributed by atoms with Gasteiger partial charge in [-0.25, -0.2) is 13.1 Å². The number of aryl methyl sites for hydroxylation is 1. The van der Waals surface area contributed by atoms with Crippen LogP contribution in [-0.2, 0) is 10.0 Å². The number of sulfonamides is 1. The molecule has 3 aromatic rings. The molecule has 7 nitrogen and oxygen atoms in total. The van der Waals surface area contributed by atoms with Gasteiger partial charge < -0.3 is 0 Å². The van der Waals surface area contributed by atoms with E-state index in [2.05, 4.69) is 20.2 Å². The number of nitrogens with zero attached hydrogens (tertiary/aromatic N) is 4. The highest BCUT2D eigenvalue weighted by atomic mass is 32.2. The van der Waals surface area contributed by atoms with E-state index < -0.39 is 16.1 Å². The van der Waals surface area contributed by atoms with Crippen LogP contribution in [0.2, 0.25) is 0 Å². The van der Waals surface area contributed by atoms with Crippen molar-refractivity contribution in [2.75, 3.05) is 0 Å². The SMILES string of the molecule is Cc1ccc(S(=O)(=O)N[C@H](C)c2nnnn2-c2ccccc2)cc1. The van der Waals surface area contributed by atoms with Crippen molar-refractivity contribution in [3.63, 3.8) is 0 Å². The van der Waals surface area contributed by atoms with Gasteiger partial charge in [-0.3, -0.25) is 0 Å². The zero-order valence-electron chi connectivity index (χ0n) is 13.3. The highest BCUT2D eigenvalue weighted by Gasteiger charge is 2.22. The van der Waals surface area contributed by atoms with Crippen molar-refractivity contribution in [1.82, 2.24) is 24.9 Å². The molecule has 1 aromatic heterocycles. The third-order valence-electron chi connectivity index (χ3n) is 3.54. The first-order chi connectivity index (χ1) is 11.5. The molecule has 1 heterocycles. The van der Waals surface area contributed by atoms with Gasteiger partial charge >= 0.3 is 0 Å². The fourth-order valence-electron chi connectivity index (χ4n) is 2.29. The molecule has 3 rings (SSSR count). The lowest BCUT2D eigenvalue weighted by Gasteiger charge is -2.14. The summed E-state index contributed by atoms with van der Waals surface area (Å²) in [5.41, 5.74) is 1.76. The van der Waals surface area contributed by atoms with E-state index in [0.717, 1.165) is 11.3 Å². The average Bonchev–Trinajstić information content (AvgIpc) is 3.05. The zero-order chi connectivity index (χ0) is 17.2. The second-order valence-electron chi connectivity index (χ2n) is 5.44. The quantitative estimate of drug-likeness (QED) is 0.765. The Labute approximate surface area is 140 Å². The Morgan fingerprint density at radius 3 is 2.38 bits per heavy atom. The molecule has 0 bridgehead atoms. The maximum Gasteiger partial charge on any atom is 0.241 e. The number of aromatic nitrogens is 4. The molecule has 0 radical (unpaired) electrons. The molecule has 0 saturated heterocycles. The number of hydrogen-bond acceptors (Lipinski definition) is 5. The number of benzene rings is 2. The Kier molecular flexibility index (Phi) is 4.41. The lowest BCUT2D eigenvalue weighted by atomic mass is 10.2. The minimum atomic E-state index is -3.66. The molecule has 0 aliphatic rings. The van der Waals surface area contributed by atoms with E-state index >= 15 is 0 Å². The van der Waals surface area contributed by atoms with Crippen LogP contribution in [0.4, 0.5) is 0 Å². The Hall–Kier alpha value is -2.58. The third-order valence-corrected chi connectivity index (χ3v) is 5.10.